The van der Waals surface area contributed by atoms with Crippen molar-refractivity contribution < 1.29 is 0 Å². The third-order valence-corrected chi connectivity index (χ3v) is 6.08. The fraction of sp³-hybridized carbons (Fsp3) is 0.435. The Balaban J connectivity index is 1.54. The fourth-order valence-electron chi connectivity index (χ4n) is 4.35. The van der Waals surface area contributed by atoms with E-state index in [2.05, 4.69) is 24.8 Å². The molecule has 2 saturated carbocycles. The Labute approximate surface area is 176 Å². The highest BCUT2D eigenvalue weighted by atomic mass is 15.3. The third-order valence-electron chi connectivity index (χ3n) is 6.08. The summed E-state index contributed by atoms with van der Waals surface area (Å²) in [5, 5.41) is 0. The van der Waals surface area contributed by atoms with Gasteiger partial charge in [0.15, 0.2) is 0 Å². The largest absolute Gasteiger partial charge is 0.368 e. The van der Waals surface area contributed by atoms with Gasteiger partial charge in [0.05, 0.1) is 11.4 Å². The van der Waals surface area contributed by atoms with E-state index in [1.54, 1.807) is 0 Å². The summed E-state index contributed by atoms with van der Waals surface area (Å²) in [7, 11) is 0. The maximum absolute atomic E-state index is 5.88. The zero-order chi connectivity index (χ0) is 20.3. The molecule has 0 aromatic carbocycles. The second-order valence-electron chi connectivity index (χ2n) is 8.35. The van der Waals surface area contributed by atoms with E-state index in [-0.39, 0.29) is 0 Å². The third kappa shape index (κ3) is 4.10. The van der Waals surface area contributed by atoms with Crippen LogP contribution in [0.1, 0.15) is 50.6 Å². The molecule has 30 heavy (non-hydrogen) atoms. The SMILES string of the molecule is Nc1ncc(-c2ccnc(N(c3ccncc3)C3CCCCC3)n2)c(CC2CC2)n1. The molecule has 7 heteroatoms. The van der Waals surface area contributed by atoms with E-state index in [4.69, 9.17) is 10.7 Å². The number of nitrogens with zero attached hydrogens (tertiary/aromatic N) is 6. The summed E-state index contributed by atoms with van der Waals surface area (Å²) in [5.74, 6) is 1.75. The summed E-state index contributed by atoms with van der Waals surface area (Å²) in [4.78, 5) is 24.9. The van der Waals surface area contributed by atoms with E-state index >= 15 is 0 Å². The highest BCUT2D eigenvalue weighted by Gasteiger charge is 2.27. The predicted octanol–water partition coefficient (Wildman–Crippen LogP) is 4.33. The molecule has 0 unspecified atom stereocenters. The predicted molar refractivity (Wildman–Crippen MR) is 117 cm³/mol. The molecule has 0 bridgehead atoms. The van der Waals surface area contributed by atoms with Crippen molar-refractivity contribution in [2.75, 3.05) is 10.6 Å². The molecule has 3 aromatic rings. The smallest absolute Gasteiger partial charge is 0.230 e. The molecule has 0 spiro atoms. The average molecular weight is 402 g/mol. The second kappa shape index (κ2) is 8.34. The number of anilines is 3. The molecule has 0 aliphatic heterocycles. The molecule has 154 valence electrons. The molecule has 3 heterocycles. The molecular formula is C23H27N7. The molecule has 2 N–H and O–H groups in total. The number of hydrogen-bond acceptors (Lipinski definition) is 7. The first-order valence-corrected chi connectivity index (χ1v) is 10.9. The molecule has 3 aromatic heterocycles. The van der Waals surface area contributed by atoms with Crippen LogP contribution in [-0.4, -0.2) is 31.0 Å². The van der Waals surface area contributed by atoms with Crippen LogP contribution in [0.25, 0.3) is 11.3 Å². The van der Waals surface area contributed by atoms with Crippen molar-refractivity contribution >= 4 is 17.6 Å². The highest BCUT2D eigenvalue weighted by Crippen LogP contribution is 2.36. The zero-order valence-corrected chi connectivity index (χ0v) is 17.1. The molecule has 2 fully saturated rings. The van der Waals surface area contributed by atoms with Crippen molar-refractivity contribution in [2.24, 2.45) is 5.92 Å². The van der Waals surface area contributed by atoms with Gasteiger partial charge in [-0.25, -0.2) is 19.9 Å². The quantitative estimate of drug-likeness (QED) is 0.657. The minimum atomic E-state index is 0.323. The van der Waals surface area contributed by atoms with Crippen LogP contribution in [0.2, 0.25) is 0 Å². The van der Waals surface area contributed by atoms with Gasteiger partial charge < -0.3 is 10.6 Å². The van der Waals surface area contributed by atoms with Crippen LogP contribution in [-0.2, 0) is 6.42 Å². The van der Waals surface area contributed by atoms with Crippen molar-refractivity contribution in [3.8, 4) is 11.3 Å². The Bertz CT molecular complexity index is 997. The fourth-order valence-corrected chi connectivity index (χ4v) is 4.35. The van der Waals surface area contributed by atoms with Crippen LogP contribution in [0.5, 0.6) is 0 Å². The first-order valence-electron chi connectivity index (χ1n) is 10.9. The first kappa shape index (κ1) is 18.9. The lowest BCUT2D eigenvalue weighted by atomic mass is 9.94. The maximum Gasteiger partial charge on any atom is 0.230 e. The van der Waals surface area contributed by atoms with Crippen molar-refractivity contribution in [3.05, 3.63) is 48.7 Å². The number of hydrogen-bond donors (Lipinski definition) is 1. The number of nitrogens with two attached hydrogens (primary N) is 1. The number of nitrogen functional groups attached to an aromatic ring is 1. The molecule has 0 radical (unpaired) electrons. The molecule has 0 saturated heterocycles. The first-order chi connectivity index (χ1) is 14.8. The molecule has 2 aliphatic carbocycles. The van der Waals surface area contributed by atoms with Gasteiger partial charge in [0.2, 0.25) is 11.9 Å². The molecular weight excluding hydrogens is 374 g/mol. The van der Waals surface area contributed by atoms with Gasteiger partial charge in [0.25, 0.3) is 0 Å². The van der Waals surface area contributed by atoms with Crippen LogP contribution in [0, 0.1) is 5.92 Å². The van der Waals surface area contributed by atoms with E-state index in [9.17, 15) is 0 Å². The zero-order valence-electron chi connectivity index (χ0n) is 17.1. The number of rotatable bonds is 6. The normalized spacial score (nSPS) is 17.1. The van der Waals surface area contributed by atoms with Gasteiger partial charge >= 0.3 is 0 Å². The Kier molecular flexibility index (Phi) is 5.26. The van der Waals surface area contributed by atoms with Crippen LogP contribution in [0.4, 0.5) is 17.6 Å². The summed E-state index contributed by atoms with van der Waals surface area (Å²) in [6.45, 7) is 0. The summed E-state index contributed by atoms with van der Waals surface area (Å²) in [6, 6.07) is 6.41. The average Bonchev–Trinajstić information content (AvgIpc) is 3.60. The van der Waals surface area contributed by atoms with Crippen molar-refractivity contribution in [2.45, 2.75) is 57.4 Å². The standard InChI is InChI=1S/C23H27N7/c24-22-27-15-19(21(28-22)14-16-6-7-16)20-10-13-26-23(29-20)30(17-4-2-1-3-5-17)18-8-11-25-12-9-18/h8-13,15-17H,1-7,14H2,(H2,24,27,28). The Morgan fingerprint density at radius 1 is 0.900 bits per heavy atom. The topological polar surface area (TPSA) is 93.7 Å². The molecule has 5 rings (SSSR count). The van der Waals surface area contributed by atoms with Gasteiger partial charge in [0, 0.05) is 42.1 Å². The number of aromatic nitrogens is 5. The minimum Gasteiger partial charge on any atom is -0.368 e. The van der Waals surface area contributed by atoms with E-state index in [0.29, 0.717) is 17.9 Å². The van der Waals surface area contributed by atoms with Crippen molar-refractivity contribution in [1.29, 1.82) is 0 Å². The van der Waals surface area contributed by atoms with Crippen LogP contribution >= 0.6 is 0 Å². The summed E-state index contributed by atoms with van der Waals surface area (Å²) in [6.07, 6.45) is 16.8. The molecule has 0 amide bonds. The van der Waals surface area contributed by atoms with Crippen molar-refractivity contribution in [1.82, 2.24) is 24.9 Å². The van der Waals surface area contributed by atoms with E-state index in [0.717, 1.165) is 47.8 Å². The lowest BCUT2D eigenvalue weighted by Gasteiger charge is -2.34. The maximum atomic E-state index is 5.88. The number of pyridine rings is 1. The Morgan fingerprint density at radius 3 is 2.47 bits per heavy atom. The van der Waals surface area contributed by atoms with Gasteiger partial charge in [-0.15, -0.1) is 0 Å². The summed E-state index contributed by atoms with van der Waals surface area (Å²) < 4.78 is 0. The lowest BCUT2D eigenvalue weighted by molar-refractivity contribution is 0.433. The summed E-state index contributed by atoms with van der Waals surface area (Å²) >= 11 is 0. The van der Waals surface area contributed by atoms with E-state index < -0.39 is 0 Å². The van der Waals surface area contributed by atoms with E-state index in [1.807, 2.05) is 43.0 Å². The van der Waals surface area contributed by atoms with Gasteiger partial charge in [-0.2, -0.15) is 0 Å². The molecule has 2 aliphatic rings. The highest BCUT2D eigenvalue weighted by molar-refractivity contribution is 5.65. The monoisotopic (exact) mass is 401 g/mol. The van der Waals surface area contributed by atoms with Crippen LogP contribution in [0.15, 0.2) is 43.0 Å². The Hall–Kier alpha value is -3.09. The second-order valence-corrected chi connectivity index (χ2v) is 8.35. The van der Waals surface area contributed by atoms with Crippen LogP contribution < -0.4 is 10.6 Å². The van der Waals surface area contributed by atoms with E-state index in [1.165, 1.54) is 32.1 Å². The lowest BCUT2D eigenvalue weighted by Crippen LogP contribution is -2.34. The van der Waals surface area contributed by atoms with Gasteiger partial charge in [0.1, 0.15) is 0 Å². The Morgan fingerprint density at radius 2 is 1.70 bits per heavy atom. The minimum absolute atomic E-state index is 0.323. The van der Waals surface area contributed by atoms with Crippen LogP contribution in [0.3, 0.4) is 0 Å². The van der Waals surface area contributed by atoms with Gasteiger partial charge in [-0.1, -0.05) is 19.3 Å². The summed E-state index contributed by atoms with van der Waals surface area (Å²) in [5.41, 5.74) is 9.77. The molecule has 7 nitrogen and oxygen atoms in total. The van der Waals surface area contributed by atoms with Crippen molar-refractivity contribution in [3.63, 3.8) is 0 Å². The van der Waals surface area contributed by atoms with Gasteiger partial charge in [-0.05, 0) is 56.2 Å². The molecule has 0 atom stereocenters. The van der Waals surface area contributed by atoms with Gasteiger partial charge in [-0.3, -0.25) is 4.98 Å².